The molecule has 3 atom stereocenters. The molecule has 4 nitrogen and oxygen atoms in total. The molecule has 2 aliphatic rings. The van der Waals surface area contributed by atoms with Crippen molar-refractivity contribution < 1.29 is 9.53 Å². The number of hydrogen-bond donors (Lipinski definition) is 1. The van der Waals surface area contributed by atoms with Gasteiger partial charge in [0.2, 0.25) is 5.91 Å². The van der Waals surface area contributed by atoms with E-state index in [1.54, 1.807) is 0 Å². The van der Waals surface area contributed by atoms with Crippen molar-refractivity contribution in [1.29, 1.82) is 0 Å². The topological polar surface area (TPSA) is 41.6 Å². The van der Waals surface area contributed by atoms with Crippen LogP contribution in [0, 0.1) is 5.92 Å². The number of benzene rings is 1. The van der Waals surface area contributed by atoms with E-state index in [0.717, 1.165) is 26.1 Å². The van der Waals surface area contributed by atoms with E-state index in [1.807, 2.05) is 23.1 Å². The summed E-state index contributed by atoms with van der Waals surface area (Å²) in [6, 6.07) is 10.4. The number of carbonyl (C=O) groups excluding carboxylic acids is 1. The summed E-state index contributed by atoms with van der Waals surface area (Å²) in [5.41, 5.74) is 1.21. The summed E-state index contributed by atoms with van der Waals surface area (Å²) >= 11 is 0. The molecule has 4 heteroatoms. The van der Waals surface area contributed by atoms with Crippen molar-refractivity contribution in [1.82, 2.24) is 10.2 Å². The summed E-state index contributed by atoms with van der Waals surface area (Å²) < 4.78 is 5.44. The second kappa shape index (κ2) is 5.94. The first-order chi connectivity index (χ1) is 9.75. The van der Waals surface area contributed by atoms with Gasteiger partial charge in [-0.3, -0.25) is 10.1 Å². The molecule has 1 amide bonds. The number of carbonyl (C=O) groups is 1. The number of nitrogens with zero attached hydrogens (tertiary/aromatic N) is 1. The molecule has 0 aliphatic carbocycles. The lowest BCUT2D eigenvalue weighted by Gasteiger charge is -2.28. The Morgan fingerprint density at radius 1 is 1.40 bits per heavy atom. The highest BCUT2D eigenvalue weighted by molar-refractivity contribution is 5.84. The fourth-order valence-corrected chi connectivity index (χ4v) is 3.12. The van der Waals surface area contributed by atoms with Crippen molar-refractivity contribution in [2.24, 2.45) is 5.92 Å². The van der Waals surface area contributed by atoms with Crippen LogP contribution >= 0.6 is 0 Å². The Hall–Kier alpha value is -1.39. The van der Waals surface area contributed by atoms with Crippen LogP contribution in [0.1, 0.15) is 18.9 Å². The lowest BCUT2D eigenvalue weighted by Crippen LogP contribution is -2.41. The predicted molar refractivity (Wildman–Crippen MR) is 77.2 cm³/mol. The van der Waals surface area contributed by atoms with Gasteiger partial charge >= 0.3 is 0 Å². The lowest BCUT2D eigenvalue weighted by molar-refractivity contribution is -0.131. The van der Waals surface area contributed by atoms with Crippen LogP contribution in [0.5, 0.6) is 0 Å². The van der Waals surface area contributed by atoms with Crippen LogP contribution < -0.4 is 5.32 Å². The van der Waals surface area contributed by atoms with Crippen LogP contribution in [-0.2, 0) is 16.0 Å². The summed E-state index contributed by atoms with van der Waals surface area (Å²) in [6.07, 6.45) is 1.83. The minimum atomic E-state index is -0.0813. The standard InChI is InChI=1S/C16H22N2O2/c1-12(14-7-8-20-10-14)18-11-17-15(16(18)19)9-13-5-3-2-4-6-13/h2-6,12,14-15,17H,7-11H2,1H3. The summed E-state index contributed by atoms with van der Waals surface area (Å²) in [5.74, 6) is 0.712. The van der Waals surface area contributed by atoms with Gasteiger partial charge in [0.1, 0.15) is 0 Å². The van der Waals surface area contributed by atoms with Gasteiger partial charge in [0.15, 0.2) is 0 Å². The second-order valence-electron chi connectivity index (χ2n) is 5.78. The van der Waals surface area contributed by atoms with Crippen LogP contribution in [0.4, 0.5) is 0 Å². The van der Waals surface area contributed by atoms with Gasteiger partial charge in [-0.1, -0.05) is 30.3 Å². The Labute approximate surface area is 120 Å². The third kappa shape index (κ3) is 2.72. The van der Waals surface area contributed by atoms with Gasteiger partial charge in [-0.05, 0) is 25.3 Å². The third-order valence-corrected chi connectivity index (χ3v) is 4.51. The van der Waals surface area contributed by atoms with Crippen LogP contribution in [0.25, 0.3) is 0 Å². The van der Waals surface area contributed by atoms with Crippen molar-refractivity contribution in [2.45, 2.75) is 31.8 Å². The summed E-state index contributed by atoms with van der Waals surface area (Å²) in [4.78, 5) is 14.5. The van der Waals surface area contributed by atoms with Crippen LogP contribution in [0.3, 0.4) is 0 Å². The molecule has 2 fully saturated rings. The van der Waals surface area contributed by atoms with E-state index in [-0.39, 0.29) is 18.0 Å². The molecule has 0 aromatic heterocycles. The smallest absolute Gasteiger partial charge is 0.241 e. The zero-order valence-corrected chi connectivity index (χ0v) is 11.9. The van der Waals surface area contributed by atoms with Crippen molar-refractivity contribution in [2.75, 3.05) is 19.9 Å². The maximum absolute atomic E-state index is 12.5. The highest BCUT2D eigenvalue weighted by Gasteiger charge is 2.37. The van der Waals surface area contributed by atoms with Crippen molar-refractivity contribution in [3.05, 3.63) is 35.9 Å². The molecule has 2 aliphatic heterocycles. The molecule has 0 saturated carbocycles. The molecule has 108 valence electrons. The number of nitrogens with one attached hydrogen (secondary N) is 1. The molecule has 3 unspecified atom stereocenters. The Balaban J connectivity index is 1.62. The van der Waals surface area contributed by atoms with Gasteiger partial charge in [0, 0.05) is 18.6 Å². The van der Waals surface area contributed by atoms with Crippen molar-refractivity contribution in [3.8, 4) is 0 Å². The van der Waals surface area contributed by atoms with Gasteiger partial charge in [-0.2, -0.15) is 0 Å². The zero-order valence-electron chi connectivity index (χ0n) is 11.9. The molecule has 2 heterocycles. The van der Waals surface area contributed by atoms with Gasteiger partial charge in [-0.15, -0.1) is 0 Å². The molecule has 3 rings (SSSR count). The van der Waals surface area contributed by atoms with E-state index in [4.69, 9.17) is 4.74 Å². The van der Waals surface area contributed by atoms with E-state index in [2.05, 4.69) is 24.4 Å². The van der Waals surface area contributed by atoms with E-state index in [9.17, 15) is 4.79 Å². The second-order valence-corrected chi connectivity index (χ2v) is 5.78. The van der Waals surface area contributed by atoms with E-state index < -0.39 is 0 Å². The minimum Gasteiger partial charge on any atom is -0.381 e. The fourth-order valence-electron chi connectivity index (χ4n) is 3.12. The number of amides is 1. The predicted octanol–water partition coefficient (Wildman–Crippen LogP) is 1.41. The summed E-state index contributed by atoms with van der Waals surface area (Å²) in [6.45, 7) is 4.42. The number of rotatable bonds is 4. The number of hydrogen-bond acceptors (Lipinski definition) is 3. The Bertz CT molecular complexity index is 457. The van der Waals surface area contributed by atoms with Crippen LogP contribution in [0.2, 0.25) is 0 Å². The van der Waals surface area contributed by atoms with Gasteiger partial charge in [0.05, 0.1) is 19.3 Å². The van der Waals surface area contributed by atoms with E-state index in [1.165, 1.54) is 5.56 Å². The van der Waals surface area contributed by atoms with Crippen molar-refractivity contribution in [3.63, 3.8) is 0 Å². The fraction of sp³-hybridized carbons (Fsp3) is 0.562. The Kier molecular flexibility index (Phi) is 4.03. The minimum absolute atomic E-state index is 0.0813. The van der Waals surface area contributed by atoms with Gasteiger partial charge < -0.3 is 9.64 Å². The Morgan fingerprint density at radius 3 is 2.90 bits per heavy atom. The lowest BCUT2D eigenvalue weighted by atomic mass is 9.99. The highest BCUT2D eigenvalue weighted by atomic mass is 16.5. The molecule has 0 spiro atoms. The first-order valence-corrected chi connectivity index (χ1v) is 7.41. The third-order valence-electron chi connectivity index (χ3n) is 4.51. The van der Waals surface area contributed by atoms with Crippen LogP contribution in [0.15, 0.2) is 30.3 Å². The highest BCUT2D eigenvalue weighted by Crippen LogP contribution is 2.23. The average molecular weight is 274 g/mol. The molecular weight excluding hydrogens is 252 g/mol. The molecule has 1 N–H and O–H groups in total. The van der Waals surface area contributed by atoms with Gasteiger partial charge in [0.25, 0.3) is 0 Å². The monoisotopic (exact) mass is 274 g/mol. The first-order valence-electron chi connectivity index (χ1n) is 7.41. The first kappa shape index (κ1) is 13.6. The molecule has 2 saturated heterocycles. The molecule has 1 aromatic carbocycles. The van der Waals surface area contributed by atoms with E-state index in [0.29, 0.717) is 12.6 Å². The van der Waals surface area contributed by atoms with Crippen molar-refractivity contribution >= 4 is 5.91 Å². The zero-order chi connectivity index (χ0) is 13.9. The molecule has 0 bridgehead atoms. The summed E-state index contributed by atoms with van der Waals surface area (Å²) in [7, 11) is 0. The Morgan fingerprint density at radius 2 is 2.20 bits per heavy atom. The van der Waals surface area contributed by atoms with Crippen LogP contribution in [-0.4, -0.2) is 42.8 Å². The van der Waals surface area contributed by atoms with E-state index >= 15 is 0 Å². The molecule has 0 radical (unpaired) electrons. The number of ether oxygens (including phenoxy) is 1. The SMILES string of the molecule is CC(C1CCOC1)N1CNC(Cc2ccccc2)C1=O. The maximum atomic E-state index is 12.5. The largest absolute Gasteiger partial charge is 0.381 e. The normalized spacial score (nSPS) is 28.1. The molecule has 1 aromatic rings. The quantitative estimate of drug-likeness (QED) is 0.902. The summed E-state index contributed by atoms with van der Waals surface area (Å²) in [5, 5.41) is 3.34. The molecule has 20 heavy (non-hydrogen) atoms. The maximum Gasteiger partial charge on any atom is 0.241 e. The molecular formula is C16H22N2O2. The van der Waals surface area contributed by atoms with Gasteiger partial charge in [-0.25, -0.2) is 0 Å². The average Bonchev–Trinajstić information content (AvgIpc) is 3.11.